The molecule has 5 aliphatic rings. The van der Waals surface area contributed by atoms with E-state index in [0.29, 0.717) is 22.2 Å². The molecule has 1 aromatic rings. The fourth-order valence-corrected chi connectivity index (χ4v) is 9.65. The van der Waals surface area contributed by atoms with Gasteiger partial charge in [0.2, 0.25) is 0 Å². The maximum absolute atomic E-state index is 14.3. The van der Waals surface area contributed by atoms with Crippen LogP contribution in [0.4, 0.5) is 17.6 Å². The first kappa shape index (κ1) is 23.3. The number of nitrogens with zero attached hydrogens (tertiary/aromatic N) is 1. The minimum Gasteiger partial charge on any atom is -0.366 e. The van der Waals surface area contributed by atoms with Crippen molar-refractivity contribution < 1.29 is 17.6 Å². The third-order valence-corrected chi connectivity index (χ3v) is 11.2. The summed E-state index contributed by atoms with van der Waals surface area (Å²) in [5.74, 6) is -3.35. The molecule has 6 rings (SSSR count). The third kappa shape index (κ3) is 2.74. The number of allylic oxidation sites excluding steroid dienone is 1. The van der Waals surface area contributed by atoms with Crippen LogP contribution in [-0.4, -0.2) is 12.4 Å². The number of benzene rings is 1. The van der Waals surface area contributed by atoms with Crippen LogP contribution >= 0.6 is 0 Å². The Balaban J connectivity index is 1.15. The molecule has 0 aliphatic heterocycles. The molecular formula is C29H34F4N2. The number of aliphatic imine (C=N–C) groups is 1. The molecule has 0 bridgehead atoms. The molecular weight excluding hydrogens is 452 g/mol. The summed E-state index contributed by atoms with van der Waals surface area (Å²) in [5, 5.41) is 2.77. The molecule has 35 heavy (non-hydrogen) atoms. The summed E-state index contributed by atoms with van der Waals surface area (Å²) in [5.41, 5.74) is 2.24. The van der Waals surface area contributed by atoms with E-state index in [2.05, 4.69) is 30.4 Å². The van der Waals surface area contributed by atoms with Gasteiger partial charge in [-0.25, -0.2) is 17.6 Å². The summed E-state index contributed by atoms with van der Waals surface area (Å²) in [4.78, 5) is 4.69. The Labute approximate surface area is 205 Å². The molecule has 2 spiro atoms. The van der Waals surface area contributed by atoms with Crippen molar-refractivity contribution in [3.63, 3.8) is 0 Å². The highest BCUT2D eigenvalue weighted by molar-refractivity contribution is 5.86. The maximum Gasteiger partial charge on any atom is 0.171 e. The zero-order valence-corrected chi connectivity index (χ0v) is 20.7. The van der Waals surface area contributed by atoms with Gasteiger partial charge in [0.1, 0.15) is 6.67 Å². The minimum atomic E-state index is -1.43. The Morgan fingerprint density at radius 1 is 0.943 bits per heavy atom. The first-order chi connectivity index (χ1) is 16.6. The van der Waals surface area contributed by atoms with Gasteiger partial charge in [0.15, 0.2) is 23.3 Å². The zero-order valence-electron chi connectivity index (χ0n) is 20.7. The molecule has 5 saturated carbocycles. The summed E-state index contributed by atoms with van der Waals surface area (Å²) >= 11 is 0. The Kier molecular flexibility index (Phi) is 4.96. The smallest absolute Gasteiger partial charge is 0.171 e. The number of hydrogen-bond donors (Lipinski definition) is 1. The number of rotatable bonds is 4. The van der Waals surface area contributed by atoms with Crippen LogP contribution < -0.4 is 5.32 Å². The molecule has 2 nitrogen and oxygen atoms in total. The summed E-state index contributed by atoms with van der Waals surface area (Å²) in [7, 11) is 0. The molecule has 1 N–H and O–H groups in total. The predicted molar refractivity (Wildman–Crippen MR) is 130 cm³/mol. The van der Waals surface area contributed by atoms with Crippen LogP contribution in [0.25, 0.3) is 5.70 Å². The lowest BCUT2D eigenvalue weighted by molar-refractivity contribution is 0.0895. The number of fused-ring (bicyclic) bond motifs is 1. The van der Waals surface area contributed by atoms with Crippen LogP contribution in [0.3, 0.4) is 0 Å². The standard InChI is InChI=1S/C29H34F4N2/c1-15-5-6-20-27(15,4)10-9-21-28-12-8-19(13-18(28)7-11-29(20,21)28)35-14-34-17(3)22-25(32)23(30)16(2)24(31)26(22)33/h18,20-21,34H,1,3,5-14H2,2,4H3/b35-19+. The molecule has 188 valence electrons. The topological polar surface area (TPSA) is 24.4 Å². The van der Waals surface area contributed by atoms with E-state index < -0.39 is 34.4 Å². The van der Waals surface area contributed by atoms with Crippen LogP contribution in [0.1, 0.15) is 75.8 Å². The molecule has 6 heteroatoms. The predicted octanol–water partition coefficient (Wildman–Crippen LogP) is 7.47. The normalized spacial score (nSPS) is 40.2. The maximum atomic E-state index is 14.3. The highest BCUT2D eigenvalue weighted by Crippen LogP contribution is 2.91. The van der Waals surface area contributed by atoms with Crippen LogP contribution in [-0.2, 0) is 0 Å². The average Bonchev–Trinajstić information content (AvgIpc) is 3.04. The van der Waals surface area contributed by atoms with Crippen molar-refractivity contribution in [3.8, 4) is 0 Å². The van der Waals surface area contributed by atoms with Gasteiger partial charge >= 0.3 is 0 Å². The highest BCUT2D eigenvalue weighted by Gasteiger charge is 2.85. The van der Waals surface area contributed by atoms with Crippen LogP contribution in [0.5, 0.6) is 0 Å². The SMILES string of the molecule is C=C(NC/N=C1\CCC23C(CCC24C2CCC(=C)C2(C)CCC34)C1)c1c(F)c(F)c(C)c(F)c1F. The Bertz CT molecular complexity index is 1160. The second-order valence-electron chi connectivity index (χ2n) is 12.0. The van der Waals surface area contributed by atoms with E-state index in [-0.39, 0.29) is 12.4 Å². The van der Waals surface area contributed by atoms with Gasteiger partial charge in [0.05, 0.1) is 5.56 Å². The molecule has 0 aromatic heterocycles. The summed E-state index contributed by atoms with van der Waals surface area (Å²) in [6.45, 7) is 11.6. The van der Waals surface area contributed by atoms with E-state index in [0.717, 1.165) is 37.3 Å². The first-order valence-electron chi connectivity index (χ1n) is 13.1. The van der Waals surface area contributed by atoms with E-state index in [1.54, 1.807) is 0 Å². The van der Waals surface area contributed by atoms with Crippen molar-refractivity contribution in [2.75, 3.05) is 6.67 Å². The molecule has 1 aromatic carbocycles. The summed E-state index contributed by atoms with van der Waals surface area (Å²) < 4.78 is 56.5. The molecule has 5 aliphatic carbocycles. The van der Waals surface area contributed by atoms with E-state index in [4.69, 9.17) is 0 Å². The van der Waals surface area contributed by atoms with Crippen molar-refractivity contribution in [2.24, 2.45) is 39.0 Å². The molecule has 6 atom stereocenters. The first-order valence-corrected chi connectivity index (χ1v) is 13.1. The Morgan fingerprint density at radius 3 is 2.37 bits per heavy atom. The second-order valence-corrected chi connectivity index (χ2v) is 12.0. The lowest BCUT2D eigenvalue weighted by Crippen LogP contribution is -2.36. The van der Waals surface area contributed by atoms with Crippen LogP contribution in [0.15, 0.2) is 23.7 Å². The van der Waals surface area contributed by atoms with Gasteiger partial charge in [0.25, 0.3) is 0 Å². The Morgan fingerprint density at radius 2 is 1.66 bits per heavy atom. The van der Waals surface area contributed by atoms with E-state index in [9.17, 15) is 17.6 Å². The van der Waals surface area contributed by atoms with Gasteiger partial charge < -0.3 is 5.32 Å². The largest absolute Gasteiger partial charge is 0.366 e. The van der Waals surface area contributed by atoms with Crippen LogP contribution in [0, 0.1) is 64.2 Å². The lowest BCUT2D eigenvalue weighted by atomic mass is 9.61. The fraction of sp³-hybridized carbons (Fsp3) is 0.621. The molecule has 0 radical (unpaired) electrons. The zero-order chi connectivity index (χ0) is 24.9. The van der Waals surface area contributed by atoms with Crippen molar-refractivity contribution in [2.45, 2.75) is 71.6 Å². The van der Waals surface area contributed by atoms with Crippen LogP contribution in [0.2, 0.25) is 0 Å². The summed E-state index contributed by atoms with van der Waals surface area (Å²) in [6, 6.07) is 0. The fourth-order valence-electron chi connectivity index (χ4n) is 9.65. The van der Waals surface area contributed by atoms with Gasteiger partial charge in [-0.15, -0.1) is 0 Å². The van der Waals surface area contributed by atoms with Gasteiger partial charge in [-0.05, 0) is 98.7 Å². The molecule has 5 fully saturated rings. The molecule has 0 heterocycles. The lowest BCUT2D eigenvalue weighted by Gasteiger charge is -2.43. The van der Waals surface area contributed by atoms with E-state index in [1.807, 2.05) is 0 Å². The van der Waals surface area contributed by atoms with Gasteiger partial charge in [0, 0.05) is 17.0 Å². The second kappa shape index (κ2) is 7.45. The number of hydrogen-bond acceptors (Lipinski definition) is 2. The highest BCUT2D eigenvalue weighted by atomic mass is 19.2. The monoisotopic (exact) mass is 486 g/mol. The molecule has 0 saturated heterocycles. The van der Waals surface area contributed by atoms with Crippen molar-refractivity contribution in [1.82, 2.24) is 5.32 Å². The van der Waals surface area contributed by atoms with Gasteiger partial charge in [-0.2, -0.15) is 0 Å². The third-order valence-electron chi connectivity index (χ3n) is 11.2. The van der Waals surface area contributed by atoms with E-state index in [1.165, 1.54) is 50.5 Å². The Hall–Kier alpha value is -2.11. The van der Waals surface area contributed by atoms with Gasteiger partial charge in [-0.1, -0.05) is 25.7 Å². The van der Waals surface area contributed by atoms with Gasteiger partial charge in [-0.3, -0.25) is 4.99 Å². The van der Waals surface area contributed by atoms with E-state index >= 15 is 0 Å². The van der Waals surface area contributed by atoms with Crippen molar-refractivity contribution in [1.29, 1.82) is 0 Å². The quantitative estimate of drug-likeness (QED) is 0.266. The average molecular weight is 487 g/mol. The van der Waals surface area contributed by atoms with Crippen molar-refractivity contribution in [3.05, 3.63) is 53.1 Å². The minimum absolute atomic E-state index is 0.0823. The molecule has 6 unspecified atom stereocenters. The molecule has 0 amide bonds. The summed E-state index contributed by atoms with van der Waals surface area (Å²) in [6.07, 6.45) is 10.8. The van der Waals surface area contributed by atoms with Crippen molar-refractivity contribution >= 4 is 11.4 Å². The number of nitrogens with one attached hydrogen (secondary N) is 1. The number of halogens is 4.